The fraction of sp³-hybridized carbons (Fsp3) is 0.417. The highest BCUT2D eigenvalue weighted by atomic mass is 16.5. The molecular weight excluding hydrogens is 176 g/mol. The Labute approximate surface area is 83.9 Å². The molecule has 2 heteroatoms. The lowest BCUT2D eigenvalue weighted by molar-refractivity contribution is -0.144. The van der Waals surface area contributed by atoms with Gasteiger partial charge >= 0.3 is 0 Å². The van der Waals surface area contributed by atoms with E-state index in [2.05, 4.69) is 0 Å². The molecule has 0 amide bonds. The number of benzene rings is 1. The number of Topliss-reactive ketones (excluding diaryl/α,β-unsaturated/α-hetero) is 1. The Hall–Kier alpha value is -1.15. The van der Waals surface area contributed by atoms with Crippen LogP contribution in [0.1, 0.15) is 18.9 Å². The molecule has 1 unspecified atom stereocenters. The molecule has 14 heavy (non-hydrogen) atoms. The zero-order chi connectivity index (χ0) is 9.97. The van der Waals surface area contributed by atoms with Crippen LogP contribution in [0.15, 0.2) is 30.3 Å². The number of hydrogen-bond donors (Lipinski definition) is 0. The monoisotopic (exact) mass is 190 g/mol. The van der Waals surface area contributed by atoms with Crippen molar-refractivity contribution in [2.45, 2.75) is 26.1 Å². The summed E-state index contributed by atoms with van der Waals surface area (Å²) in [7, 11) is 0. The first-order valence-electron chi connectivity index (χ1n) is 4.95. The summed E-state index contributed by atoms with van der Waals surface area (Å²) in [6.07, 6.45) is 0.733. The van der Waals surface area contributed by atoms with Crippen molar-refractivity contribution >= 4 is 5.78 Å². The van der Waals surface area contributed by atoms with Crippen molar-refractivity contribution in [3.05, 3.63) is 35.9 Å². The number of carbonyl (C=O) groups is 1. The maximum Gasteiger partial charge on any atom is 0.140 e. The van der Waals surface area contributed by atoms with Crippen LogP contribution in [-0.2, 0) is 16.1 Å². The van der Waals surface area contributed by atoms with Gasteiger partial charge in [-0.15, -0.1) is 0 Å². The van der Waals surface area contributed by atoms with Gasteiger partial charge in [0, 0.05) is 12.3 Å². The summed E-state index contributed by atoms with van der Waals surface area (Å²) >= 11 is 0. The zero-order valence-corrected chi connectivity index (χ0v) is 8.27. The van der Waals surface area contributed by atoms with E-state index >= 15 is 0 Å². The van der Waals surface area contributed by atoms with E-state index in [1.807, 2.05) is 37.3 Å². The Morgan fingerprint density at radius 2 is 2.07 bits per heavy atom. The summed E-state index contributed by atoms with van der Waals surface area (Å²) < 4.78 is 5.63. The van der Waals surface area contributed by atoms with E-state index in [4.69, 9.17) is 4.74 Å². The number of hydrogen-bond acceptors (Lipinski definition) is 2. The van der Waals surface area contributed by atoms with Crippen LogP contribution in [-0.4, -0.2) is 11.9 Å². The Bertz CT molecular complexity index is 318. The van der Waals surface area contributed by atoms with Gasteiger partial charge in [0.2, 0.25) is 0 Å². The topological polar surface area (TPSA) is 26.3 Å². The Balaban J connectivity index is 1.81. The number of carbonyl (C=O) groups excluding carboxylic acids is 1. The third-order valence-corrected chi connectivity index (χ3v) is 2.77. The Morgan fingerprint density at radius 1 is 1.36 bits per heavy atom. The molecule has 0 heterocycles. The largest absolute Gasteiger partial charge is 0.372 e. The van der Waals surface area contributed by atoms with Crippen molar-refractivity contribution in [1.82, 2.24) is 0 Å². The summed E-state index contributed by atoms with van der Waals surface area (Å²) in [4.78, 5) is 11.0. The van der Waals surface area contributed by atoms with E-state index in [-0.39, 0.29) is 12.0 Å². The Morgan fingerprint density at radius 3 is 2.64 bits per heavy atom. The van der Waals surface area contributed by atoms with Crippen LogP contribution in [0.4, 0.5) is 0 Å². The third-order valence-electron chi connectivity index (χ3n) is 2.77. The molecule has 2 rings (SSSR count). The predicted molar refractivity (Wildman–Crippen MR) is 53.8 cm³/mol. The Kier molecular flexibility index (Phi) is 2.64. The summed E-state index contributed by atoms with van der Waals surface area (Å²) in [5.41, 5.74) is 1.17. The second kappa shape index (κ2) is 3.93. The molecule has 1 aromatic rings. The van der Waals surface area contributed by atoms with Gasteiger partial charge in [-0.1, -0.05) is 37.3 Å². The van der Waals surface area contributed by atoms with Crippen molar-refractivity contribution in [3.8, 4) is 0 Å². The SMILES string of the molecule is C[C@H]1C(=O)CC1OCc1ccccc1. The van der Waals surface area contributed by atoms with Gasteiger partial charge in [0.1, 0.15) is 5.78 Å². The molecule has 2 atom stereocenters. The van der Waals surface area contributed by atoms with Crippen LogP contribution >= 0.6 is 0 Å². The van der Waals surface area contributed by atoms with E-state index < -0.39 is 0 Å². The van der Waals surface area contributed by atoms with Gasteiger partial charge in [-0.2, -0.15) is 0 Å². The smallest absolute Gasteiger partial charge is 0.140 e. The minimum absolute atomic E-state index is 0.0960. The van der Waals surface area contributed by atoms with E-state index in [9.17, 15) is 4.79 Å². The van der Waals surface area contributed by atoms with Crippen molar-refractivity contribution in [1.29, 1.82) is 0 Å². The van der Waals surface area contributed by atoms with Crippen LogP contribution in [0.2, 0.25) is 0 Å². The van der Waals surface area contributed by atoms with Gasteiger partial charge in [-0.05, 0) is 5.56 Å². The minimum Gasteiger partial charge on any atom is -0.372 e. The highest BCUT2D eigenvalue weighted by molar-refractivity contribution is 5.87. The molecular formula is C12H14O2. The molecule has 0 bridgehead atoms. The van der Waals surface area contributed by atoms with Crippen molar-refractivity contribution in [3.63, 3.8) is 0 Å². The molecule has 1 aliphatic rings. The number of ketones is 1. The lowest BCUT2D eigenvalue weighted by atomic mass is 9.82. The fourth-order valence-electron chi connectivity index (χ4n) is 1.59. The average Bonchev–Trinajstić information content (AvgIpc) is 2.25. The van der Waals surface area contributed by atoms with Crippen molar-refractivity contribution < 1.29 is 9.53 Å². The van der Waals surface area contributed by atoms with E-state index in [1.165, 1.54) is 5.56 Å². The van der Waals surface area contributed by atoms with Crippen LogP contribution in [0.25, 0.3) is 0 Å². The molecule has 0 aliphatic heterocycles. The minimum atomic E-state index is 0.0960. The first-order chi connectivity index (χ1) is 6.77. The summed E-state index contributed by atoms with van der Waals surface area (Å²) in [6.45, 7) is 2.55. The predicted octanol–water partition coefficient (Wildman–Crippen LogP) is 2.18. The molecule has 2 nitrogen and oxygen atoms in total. The molecule has 1 fully saturated rings. The molecule has 0 radical (unpaired) electrons. The average molecular weight is 190 g/mol. The quantitative estimate of drug-likeness (QED) is 0.730. The van der Waals surface area contributed by atoms with Gasteiger partial charge in [-0.3, -0.25) is 4.79 Å². The van der Waals surface area contributed by atoms with Gasteiger partial charge in [0.25, 0.3) is 0 Å². The first kappa shape index (κ1) is 9.41. The molecule has 74 valence electrons. The normalized spacial score (nSPS) is 25.9. The van der Waals surface area contributed by atoms with Gasteiger partial charge in [0.05, 0.1) is 12.7 Å². The van der Waals surface area contributed by atoms with Crippen molar-refractivity contribution in [2.24, 2.45) is 5.92 Å². The van der Waals surface area contributed by atoms with Crippen molar-refractivity contribution in [2.75, 3.05) is 0 Å². The second-order valence-electron chi connectivity index (χ2n) is 3.79. The molecule has 1 aliphatic carbocycles. The molecule has 1 aromatic carbocycles. The third kappa shape index (κ3) is 1.85. The van der Waals surface area contributed by atoms with Crippen LogP contribution in [0.5, 0.6) is 0 Å². The maximum atomic E-state index is 11.0. The van der Waals surface area contributed by atoms with Gasteiger partial charge in [-0.25, -0.2) is 0 Å². The van der Waals surface area contributed by atoms with Crippen LogP contribution in [0.3, 0.4) is 0 Å². The summed E-state index contributed by atoms with van der Waals surface area (Å²) in [5.74, 6) is 0.418. The summed E-state index contributed by atoms with van der Waals surface area (Å²) in [5, 5.41) is 0. The van der Waals surface area contributed by atoms with Gasteiger partial charge in [0.15, 0.2) is 0 Å². The van der Waals surface area contributed by atoms with E-state index in [0.29, 0.717) is 18.8 Å². The lowest BCUT2D eigenvalue weighted by Crippen LogP contribution is -2.41. The van der Waals surface area contributed by atoms with E-state index in [0.717, 1.165) is 0 Å². The van der Waals surface area contributed by atoms with Crippen LogP contribution in [0, 0.1) is 5.92 Å². The molecule has 0 N–H and O–H groups in total. The maximum absolute atomic E-state index is 11.0. The second-order valence-corrected chi connectivity index (χ2v) is 3.79. The first-order valence-corrected chi connectivity index (χ1v) is 4.95. The van der Waals surface area contributed by atoms with E-state index in [1.54, 1.807) is 0 Å². The molecule has 0 spiro atoms. The summed E-state index contributed by atoms with van der Waals surface area (Å²) in [6, 6.07) is 10.0. The zero-order valence-electron chi connectivity index (χ0n) is 8.27. The standard InChI is InChI=1S/C12H14O2/c1-9-11(13)7-12(9)14-8-10-5-3-2-4-6-10/h2-6,9,12H,7-8H2,1H3/t9-,12?/m0/s1. The number of rotatable bonds is 3. The lowest BCUT2D eigenvalue weighted by Gasteiger charge is -2.31. The molecule has 0 saturated heterocycles. The number of ether oxygens (including phenoxy) is 1. The highest BCUT2D eigenvalue weighted by Crippen LogP contribution is 2.26. The highest BCUT2D eigenvalue weighted by Gasteiger charge is 2.36. The fourth-order valence-corrected chi connectivity index (χ4v) is 1.59. The van der Waals surface area contributed by atoms with Gasteiger partial charge < -0.3 is 4.74 Å². The molecule has 0 aromatic heterocycles. The van der Waals surface area contributed by atoms with Crippen LogP contribution < -0.4 is 0 Å². The molecule has 1 saturated carbocycles.